The molecule has 1 aromatic carbocycles. The summed E-state index contributed by atoms with van der Waals surface area (Å²) in [5.74, 6) is 0.575. The summed E-state index contributed by atoms with van der Waals surface area (Å²) in [5.41, 5.74) is 0.812. The first kappa shape index (κ1) is 10.6. The second-order valence-electron chi connectivity index (χ2n) is 3.15. The number of aliphatic hydroxyl groups is 1. The third-order valence-electron chi connectivity index (χ3n) is 1.80. The Labute approximate surface area is 83.6 Å². The molecule has 0 aliphatic rings. The molecule has 0 saturated carbocycles. The van der Waals surface area contributed by atoms with E-state index in [9.17, 15) is 0 Å². The van der Waals surface area contributed by atoms with E-state index >= 15 is 0 Å². The van der Waals surface area contributed by atoms with Crippen molar-refractivity contribution in [3.8, 4) is 11.8 Å². The zero-order chi connectivity index (χ0) is 10.4. The highest BCUT2D eigenvalue weighted by Crippen LogP contribution is 2.13. The van der Waals surface area contributed by atoms with Crippen molar-refractivity contribution >= 4 is 0 Å². The summed E-state index contributed by atoms with van der Waals surface area (Å²) in [6.45, 7) is 2.19. The van der Waals surface area contributed by atoms with Crippen LogP contribution in [0.3, 0.4) is 0 Å². The molecule has 74 valence electrons. The van der Waals surface area contributed by atoms with Crippen molar-refractivity contribution in [3.05, 3.63) is 29.8 Å². The molecule has 1 atom stereocenters. The molecule has 0 bridgehead atoms. The van der Waals surface area contributed by atoms with Crippen molar-refractivity contribution < 1.29 is 9.84 Å². The average molecular weight is 191 g/mol. The predicted molar refractivity (Wildman–Crippen MR) is 52.6 cm³/mol. The molecule has 0 heterocycles. The van der Waals surface area contributed by atoms with Crippen LogP contribution in [0.5, 0.6) is 5.75 Å². The van der Waals surface area contributed by atoms with Crippen LogP contribution in [0.15, 0.2) is 24.3 Å². The molecule has 1 rings (SSSR count). The second-order valence-corrected chi connectivity index (χ2v) is 3.15. The molecule has 0 amide bonds. The molecule has 3 heteroatoms. The van der Waals surface area contributed by atoms with Crippen molar-refractivity contribution in [1.29, 1.82) is 5.26 Å². The first-order chi connectivity index (χ1) is 6.76. The van der Waals surface area contributed by atoms with E-state index in [1.165, 1.54) is 0 Å². The molecular weight excluding hydrogens is 178 g/mol. The quantitative estimate of drug-likeness (QED) is 0.788. The Bertz CT molecular complexity index is 330. The molecule has 1 N–H and O–H groups in total. The van der Waals surface area contributed by atoms with Crippen molar-refractivity contribution in [3.63, 3.8) is 0 Å². The Hall–Kier alpha value is -1.53. The highest BCUT2D eigenvalue weighted by molar-refractivity contribution is 5.28. The van der Waals surface area contributed by atoms with Gasteiger partial charge in [-0.15, -0.1) is 0 Å². The molecule has 0 aliphatic heterocycles. The lowest BCUT2D eigenvalue weighted by atomic mass is 10.2. The summed E-state index contributed by atoms with van der Waals surface area (Å²) in [6.07, 6.45) is 0. The van der Waals surface area contributed by atoms with Crippen LogP contribution < -0.4 is 4.74 Å². The van der Waals surface area contributed by atoms with Crippen LogP contribution in [-0.4, -0.2) is 11.7 Å². The highest BCUT2D eigenvalue weighted by atomic mass is 16.5. The smallest absolute Gasteiger partial charge is 0.119 e. The number of hydrogen-bond donors (Lipinski definition) is 1. The maximum absolute atomic E-state index is 8.88. The van der Waals surface area contributed by atoms with Gasteiger partial charge in [0.2, 0.25) is 0 Å². The molecule has 0 aromatic heterocycles. The van der Waals surface area contributed by atoms with Gasteiger partial charge in [-0.05, 0) is 24.6 Å². The summed E-state index contributed by atoms with van der Waals surface area (Å²) in [6, 6.07) is 9.30. The van der Waals surface area contributed by atoms with Gasteiger partial charge in [-0.3, -0.25) is 0 Å². The zero-order valence-electron chi connectivity index (χ0n) is 8.10. The monoisotopic (exact) mass is 191 g/mol. The molecule has 0 radical (unpaired) electrons. The topological polar surface area (TPSA) is 53.2 Å². The molecule has 0 spiro atoms. The number of nitriles is 1. The molecule has 0 saturated heterocycles. The standard InChI is InChI=1S/C11H13NO2/c1-9(6-12)8-14-11-4-2-3-10(5-11)7-13/h2-5,9,13H,7-8H2,1H3. The number of benzene rings is 1. The summed E-state index contributed by atoms with van der Waals surface area (Å²) in [7, 11) is 0. The van der Waals surface area contributed by atoms with Gasteiger partial charge in [-0.2, -0.15) is 5.26 Å². The fourth-order valence-electron chi connectivity index (χ4n) is 0.992. The third-order valence-corrected chi connectivity index (χ3v) is 1.80. The van der Waals surface area contributed by atoms with Gasteiger partial charge in [-0.25, -0.2) is 0 Å². The zero-order valence-corrected chi connectivity index (χ0v) is 8.10. The van der Waals surface area contributed by atoms with E-state index in [0.29, 0.717) is 12.4 Å². The van der Waals surface area contributed by atoms with Gasteiger partial charge in [0.05, 0.1) is 18.6 Å². The number of hydrogen-bond acceptors (Lipinski definition) is 3. The number of aliphatic hydroxyl groups excluding tert-OH is 1. The minimum absolute atomic E-state index is 0.00496. The maximum atomic E-state index is 8.88. The van der Waals surface area contributed by atoms with E-state index in [-0.39, 0.29) is 12.5 Å². The van der Waals surface area contributed by atoms with Crippen LogP contribution in [0.25, 0.3) is 0 Å². The summed E-state index contributed by atoms with van der Waals surface area (Å²) in [5, 5.41) is 17.4. The van der Waals surface area contributed by atoms with E-state index in [0.717, 1.165) is 5.56 Å². The molecule has 14 heavy (non-hydrogen) atoms. The third kappa shape index (κ3) is 3.08. The normalized spacial score (nSPS) is 11.8. The van der Waals surface area contributed by atoms with Crippen LogP contribution in [0, 0.1) is 17.2 Å². The summed E-state index contributed by atoms with van der Waals surface area (Å²) < 4.78 is 5.37. The molecule has 0 aliphatic carbocycles. The second kappa shape index (κ2) is 5.25. The lowest BCUT2D eigenvalue weighted by Gasteiger charge is -2.07. The van der Waals surface area contributed by atoms with Gasteiger partial charge in [0.1, 0.15) is 12.4 Å². The molecule has 1 aromatic rings. The van der Waals surface area contributed by atoms with Crippen LogP contribution in [-0.2, 0) is 6.61 Å². The Morgan fingerprint density at radius 3 is 3.00 bits per heavy atom. The SMILES string of the molecule is CC(C#N)COc1cccc(CO)c1. The molecule has 3 nitrogen and oxygen atoms in total. The van der Waals surface area contributed by atoms with E-state index in [1.54, 1.807) is 13.0 Å². The van der Waals surface area contributed by atoms with Gasteiger partial charge >= 0.3 is 0 Å². The van der Waals surface area contributed by atoms with Crippen molar-refractivity contribution in [1.82, 2.24) is 0 Å². The first-order valence-electron chi connectivity index (χ1n) is 4.48. The van der Waals surface area contributed by atoms with E-state index in [2.05, 4.69) is 6.07 Å². The fourth-order valence-corrected chi connectivity index (χ4v) is 0.992. The Balaban J connectivity index is 2.55. The van der Waals surface area contributed by atoms with E-state index in [4.69, 9.17) is 15.1 Å². The molecule has 0 fully saturated rings. The number of ether oxygens (including phenoxy) is 1. The van der Waals surface area contributed by atoms with Crippen LogP contribution >= 0.6 is 0 Å². The average Bonchev–Trinajstić information content (AvgIpc) is 2.26. The Morgan fingerprint density at radius 2 is 2.36 bits per heavy atom. The summed E-state index contributed by atoms with van der Waals surface area (Å²) >= 11 is 0. The van der Waals surface area contributed by atoms with Crippen LogP contribution in [0.2, 0.25) is 0 Å². The first-order valence-corrected chi connectivity index (χ1v) is 4.48. The minimum Gasteiger partial charge on any atom is -0.492 e. The molecular formula is C11H13NO2. The van der Waals surface area contributed by atoms with Gasteiger partial charge in [-0.1, -0.05) is 12.1 Å². The largest absolute Gasteiger partial charge is 0.492 e. The lowest BCUT2D eigenvalue weighted by molar-refractivity contribution is 0.274. The van der Waals surface area contributed by atoms with Gasteiger partial charge in [0, 0.05) is 0 Å². The van der Waals surface area contributed by atoms with E-state index in [1.807, 2.05) is 18.2 Å². The number of nitrogens with zero attached hydrogens (tertiary/aromatic N) is 1. The summed E-state index contributed by atoms with van der Waals surface area (Å²) in [4.78, 5) is 0. The van der Waals surface area contributed by atoms with Crippen molar-refractivity contribution in [2.75, 3.05) is 6.61 Å². The lowest BCUT2D eigenvalue weighted by Crippen LogP contribution is -2.06. The van der Waals surface area contributed by atoms with Gasteiger partial charge in [0.25, 0.3) is 0 Å². The Morgan fingerprint density at radius 1 is 1.57 bits per heavy atom. The van der Waals surface area contributed by atoms with Crippen molar-refractivity contribution in [2.24, 2.45) is 5.92 Å². The predicted octanol–water partition coefficient (Wildman–Crippen LogP) is 1.72. The number of rotatable bonds is 4. The van der Waals surface area contributed by atoms with Gasteiger partial charge in [0.15, 0.2) is 0 Å². The van der Waals surface area contributed by atoms with Gasteiger partial charge < -0.3 is 9.84 Å². The van der Waals surface area contributed by atoms with Crippen LogP contribution in [0.1, 0.15) is 12.5 Å². The highest BCUT2D eigenvalue weighted by Gasteiger charge is 2.01. The Kier molecular flexibility index (Phi) is 3.96. The van der Waals surface area contributed by atoms with E-state index < -0.39 is 0 Å². The maximum Gasteiger partial charge on any atom is 0.119 e. The van der Waals surface area contributed by atoms with Crippen molar-refractivity contribution in [2.45, 2.75) is 13.5 Å². The minimum atomic E-state index is -0.118. The molecule has 1 unspecified atom stereocenters. The fraction of sp³-hybridized carbons (Fsp3) is 0.364. The van der Waals surface area contributed by atoms with Crippen LogP contribution in [0.4, 0.5) is 0 Å².